The molecule has 4 rings (SSSR count). The first-order valence-electron chi connectivity index (χ1n) is 9.97. The maximum absolute atomic E-state index is 13.2. The van der Waals surface area contributed by atoms with Crippen LogP contribution in [-0.2, 0) is 4.74 Å². The molecule has 0 fully saturated rings. The third-order valence-corrected chi connectivity index (χ3v) is 4.93. The normalized spacial score (nSPS) is 11.2. The van der Waals surface area contributed by atoms with Crippen LogP contribution in [0.2, 0.25) is 0 Å². The highest BCUT2D eigenvalue weighted by atomic mass is 16.5. The number of ether oxygens (including phenoxy) is 1. The molecule has 0 saturated heterocycles. The van der Waals surface area contributed by atoms with E-state index in [0.29, 0.717) is 33.3 Å². The molecule has 4 aromatic rings. The summed E-state index contributed by atoms with van der Waals surface area (Å²) in [5, 5.41) is 21.5. The van der Waals surface area contributed by atoms with Gasteiger partial charge in [-0.1, -0.05) is 18.2 Å². The number of hydrogen-bond donors (Lipinski definition) is 2. The topological polar surface area (TPSA) is 101 Å². The summed E-state index contributed by atoms with van der Waals surface area (Å²) in [6, 6.07) is 19.5. The van der Waals surface area contributed by atoms with Crippen LogP contribution >= 0.6 is 0 Å². The minimum atomic E-state index is -0.462. The van der Waals surface area contributed by atoms with Gasteiger partial charge in [-0.3, -0.25) is 9.79 Å². The summed E-state index contributed by atoms with van der Waals surface area (Å²) in [4.78, 5) is 29.5. The minimum absolute atomic E-state index is 0.122. The lowest BCUT2D eigenvalue weighted by Gasteiger charge is -2.14. The van der Waals surface area contributed by atoms with Crippen LogP contribution in [0.25, 0.3) is 16.5 Å². The van der Waals surface area contributed by atoms with Crippen LogP contribution < -0.4 is 5.56 Å². The maximum atomic E-state index is 13.2. The zero-order chi connectivity index (χ0) is 22.7. The van der Waals surface area contributed by atoms with Crippen molar-refractivity contribution < 1.29 is 19.7 Å². The van der Waals surface area contributed by atoms with Crippen molar-refractivity contribution in [3.05, 3.63) is 94.3 Å². The summed E-state index contributed by atoms with van der Waals surface area (Å²) < 4.78 is 6.17. The summed E-state index contributed by atoms with van der Waals surface area (Å²) >= 11 is 0. The van der Waals surface area contributed by atoms with Crippen LogP contribution in [0.1, 0.15) is 22.8 Å². The van der Waals surface area contributed by atoms with Crippen LogP contribution in [-0.4, -0.2) is 33.6 Å². The lowest BCUT2D eigenvalue weighted by atomic mass is 10.1. The number of phenolic OH excluding ortho intramolecular Hbond substituents is 1. The van der Waals surface area contributed by atoms with Crippen LogP contribution in [0.5, 0.6) is 11.6 Å². The van der Waals surface area contributed by atoms with E-state index < -0.39 is 11.5 Å². The van der Waals surface area contributed by atoms with Gasteiger partial charge in [0.25, 0.3) is 5.56 Å². The third-order valence-electron chi connectivity index (χ3n) is 4.93. The molecule has 160 valence electrons. The lowest BCUT2D eigenvalue weighted by molar-refractivity contribution is 0.0526. The Kier molecular flexibility index (Phi) is 5.72. The van der Waals surface area contributed by atoms with Crippen molar-refractivity contribution in [2.75, 3.05) is 6.61 Å². The van der Waals surface area contributed by atoms with E-state index in [4.69, 9.17) is 4.74 Å². The van der Waals surface area contributed by atoms with Crippen molar-refractivity contribution in [2.45, 2.75) is 6.92 Å². The molecule has 7 nitrogen and oxygen atoms in total. The number of aromatic nitrogens is 1. The fraction of sp³-hybridized carbons (Fsp3) is 0.0800. The molecule has 0 spiro atoms. The van der Waals surface area contributed by atoms with Gasteiger partial charge in [0.1, 0.15) is 5.75 Å². The highest BCUT2D eigenvalue weighted by Gasteiger charge is 2.17. The average Bonchev–Trinajstić information content (AvgIpc) is 2.81. The smallest absolute Gasteiger partial charge is 0.338 e. The van der Waals surface area contributed by atoms with E-state index in [9.17, 15) is 19.8 Å². The number of carbonyl (C=O) groups is 1. The molecule has 0 aliphatic heterocycles. The van der Waals surface area contributed by atoms with Gasteiger partial charge in [0.05, 0.1) is 29.1 Å². The van der Waals surface area contributed by atoms with Gasteiger partial charge in [0.2, 0.25) is 5.88 Å². The van der Waals surface area contributed by atoms with Gasteiger partial charge in [-0.25, -0.2) is 9.36 Å². The van der Waals surface area contributed by atoms with Crippen LogP contribution in [0.4, 0.5) is 5.69 Å². The number of rotatable bonds is 5. The molecule has 0 bridgehead atoms. The Hall–Kier alpha value is -4.39. The van der Waals surface area contributed by atoms with Crippen LogP contribution in [0.15, 0.2) is 82.6 Å². The molecular weight excluding hydrogens is 408 g/mol. The molecule has 3 aromatic carbocycles. The molecule has 7 heteroatoms. The van der Waals surface area contributed by atoms with Crippen molar-refractivity contribution in [3.8, 4) is 17.3 Å². The molecule has 0 aliphatic carbocycles. The summed E-state index contributed by atoms with van der Waals surface area (Å²) in [6.45, 7) is 1.98. The van der Waals surface area contributed by atoms with Crippen molar-refractivity contribution in [2.24, 2.45) is 4.99 Å². The molecule has 0 aliphatic rings. The van der Waals surface area contributed by atoms with Crippen LogP contribution in [0, 0.1) is 0 Å². The molecule has 0 saturated carbocycles. The van der Waals surface area contributed by atoms with Gasteiger partial charge in [-0.15, -0.1) is 0 Å². The number of fused-ring (bicyclic) bond motifs is 1. The second kappa shape index (κ2) is 8.77. The molecule has 2 N–H and O–H groups in total. The van der Waals surface area contributed by atoms with Gasteiger partial charge >= 0.3 is 5.97 Å². The lowest BCUT2D eigenvalue weighted by Crippen LogP contribution is -2.20. The fourth-order valence-electron chi connectivity index (χ4n) is 3.37. The Labute approximate surface area is 183 Å². The van der Waals surface area contributed by atoms with E-state index in [0.717, 1.165) is 0 Å². The van der Waals surface area contributed by atoms with Crippen molar-refractivity contribution in [1.29, 1.82) is 0 Å². The number of benzene rings is 3. The van der Waals surface area contributed by atoms with E-state index >= 15 is 0 Å². The van der Waals surface area contributed by atoms with Gasteiger partial charge in [-0.05, 0) is 61.5 Å². The summed E-state index contributed by atoms with van der Waals surface area (Å²) in [6.07, 6.45) is 1.48. The third kappa shape index (κ3) is 3.96. The monoisotopic (exact) mass is 428 g/mol. The molecule has 0 unspecified atom stereocenters. The molecular formula is C25H20N2O5. The molecule has 1 aromatic heterocycles. The second-order valence-corrected chi connectivity index (χ2v) is 6.97. The van der Waals surface area contributed by atoms with E-state index in [1.165, 1.54) is 22.9 Å². The van der Waals surface area contributed by atoms with E-state index in [1.807, 2.05) is 0 Å². The highest BCUT2D eigenvalue weighted by molar-refractivity contribution is 6.02. The standard InChI is InChI=1S/C25H20N2O5/c1-2-32-25(31)16-7-11-18(12-8-16)27-23(29)21-6-4-3-5-20(21)22(24(27)30)15-26-17-9-13-19(28)14-10-17/h3-15,28,30H,2H2,1H3. The van der Waals surface area contributed by atoms with Gasteiger partial charge in [0, 0.05) is 17.0 Å². The quantitative estimate of drug-likeness (QED) is 0.364. The number of nitrogens with zero attached hydrogens (tertiary/aromatic N) is 2. The summed E-state index contributed by atoms with van der Waals surface area (Å²) in [7, 11) is 0. The Morgan fingerprint density at radius 2 is 1.62 bits per heavy atom. The number of esters is 1. The van der Waals surface area contributed by atoms with E-state index in [2.05, 4.69) is 4.99 Å². The number of aromatic hydroxyl groups is 2. The number of pyridine rings is 1. The number of hydrogen-bond acceptors (Lipinski definition) is 6. The Bertz CT molecular complexity index is 1370. The highest BCUT2D eigenvalue weighted by Crippen LogP contribution is 2.27. The minimum Gasteiger partial charge on any atom is -0.508 e. The Morgan fingerprint density at radius 1 is 0.969 bits per heavy atom. The number of carbonyl (C=O) groups excluding carboxylic acids is 1. The number of aliphatic imine (C=N–C) groups is 1. The zero-order valence-electron chi connectivity index (χ0n) is 17.2. The first-order valence-corrected chi connectivity index (χ1v) is 9.97. The van der Waals surface area contributed by atoms with Gasteiger partial charge in [0.15, 0.2) is 0 Å². The predicted molar refractivity (Wildman–Crippen MR) is 123 cm³/mol. The average molecular weight is 428 g/mol. The molecule has 32 heavy (non-hydrogen) atoms. The van der Waals surface area contributed by atoms with Crippen molar-refractivity contribution in [1.82, 2.24) is 4.57 Å². The van der Waals surface area contributed by atoms with Crippen molar-refractivity contribution in [3.63, 3.8) is 0 Å². The first-order chi connectivity index (χ1) is 15.5. The van der Waals surface area contributed by atoms with E-state index in [-0.39, 0.29) is 18.2 Å². The maximum Gasteiger partial charge on any atom is 0.338 e. The number of phenols is 1. The summed E-state index contributed by atoms with van der Waals surface area (Å²) in [5.41, 5.74) is 1.28. The molecule has 0 radical (unpaired) electrons. The first kappa shape index (κ1) is 20.9. The van der Waals surface area contributed by atoms with Crippen LogP contribution in [0.3, 0.4) is 0 Å². The predicted octanol–water partition coefficient (Wildman–Crippen LogP) is 4.33. The molecule has 1 heterocycles. The molecule has 0 amide bonds. The zero-order valence-corrected chi connectivity index (χ0v) is 17.2. The SMILES string of the molecule is CCOC(=O)c1ccc(-n2c(O)c(C=Nc3ccc(O)cc3)c3ccccc3c2=O)cc1. The Morgan fingerprint density at radius 3 is 2.28 bits per heavy atom. The largest absolute Gasteiger partial charge is 0.508 e. The fourth-order valence-corrected chi connectivity index (χ4v) is 3.37. The van der Waals surface area contributed by atoms with Gasteiger partial charge in [-0.2, -0.15) is 0 Å². The van der Waals surface area contributed by atoms with E-state index in [1.54, 1.807) is 67.6 Å². The second-order valence-electron chi connectivity index (χ2n) is 6.97. The van der Waals surface area contributed by atoms with Gasteiger partial charge < -0.3 is 14.9 Å². The van der Waals surface area contributed by atoms with Crippen molar-refractivity contribution >= 4 is 28.6 Å². The molecule has 0 atom stereocenters. The summed E-state index contributed by atoms with van der Waals surface area (Å²) in [5.74, 6) is -0.618. The Balaban J connectivity index is 1.86.